The van der Waals surface area contributed by atoms with E-state index in [2.05, 4.69) is 11.2 Å². The molecule has 1 rings (SSSR count). The lowest BCUT2D eigenvalue weighted by Crippen LogP contribution is -2.23. The summed E-state index contributed by atoms with van der Waals surface area (Å²) in [6.07, 6.45) is 3.79. The minimum absolute atomic E-state index is 0.0640. The van der Waals surface area contributed by atoms with Crippen molar-refractivity contribution < 1.29 is 4.79 Å². The lowest BCUT2D eigenvalue weighted by atomic mass is 10.2. The number of carbonyl (C=O) groups excluding carboxylic acids is 1. The maximum absolute atomic E-state index is 11.4. The van der Waals surface area contributed by atoms with E-state index in [0.717, 1.165) is 18.1 Å². The SMILES string of the molecule is CSCCN(C)c1ncccc1C(C)=O. The van der Waals surface area contributed by atoms with Crippen LogP contribution < -0.4 is 4.90 Å². The molecule has 82 valence electrons. The van der Waals surface area contributed by atoms with E-state index < -0.39 is 0 Å². The highest BCUT2D eigenvalue weighted by molar-refractivity contribution is 7.98. The van der Waals surface area contributed by atoms with Crippen LogP contribution in [-0.2, 0) is 0 Å². The zero-order chi connectivity index (χ0) is 11.3. The number of rotatable bonds is 5. The van der Waals surface area contributed by atoms with Crippen molar-refractivity contribution in [3.63, 3.8) is 0 Å². The van der Waals surface area contributed by atoms with Crippen LogP contribution in [0.15, 0.2) is 18.3 Å². The summed E-state index contributed by atoms with van der Waals surface area (Å²) in [6.45, 7) is 2.47. The molecule has 0 saturated carbocycles. The van der Waals surface area contributed by atoms with Gasteiger partial charge in [0.25, 0.3) is 0 Å². The molecule has 0 spiro atoms. The maximum atomic E-state index is 11.4. The third kappa shape index (κ3) is 3.23. The van der Waals surface area contributed by atoms with E-state index in [0.29, 0.717) is 5.56 Å². The van der Waals surface area contributed by atoms with Crippen molar-refractivity contribution in [1.29, 1.82) is 0 Å². The molecule has 1 aromatic heterocycles. The molecule has 0 radical (unpaired) electrons. The average Bonchev–Trinajstić information content (AvgIpc) is 2.25. The second-order valence-electron chi connectivity index (χ2n) is 3.35. The molecule has 0 N–H and O–H groups in total. The number of hydrogen-bond donors (Lipinski definition) is 0. The van der Waals surface area contributed by atoms with E-state index in [1.54, 1.807) is 30.9 Å². The molecule has 0 amide bonds. The molecule has 0 bridgehead atoms. The van der Waals surface area contributed by atoms with Gasteiger partial charge in [-0.15, -0.1) is 0 Å². The Morgan fingerprint density at radius 2 is 2.33 bits per heavy atom. The summed E-state index contributed by atoms with van der Waals surface area (Å²) < 4.78 is 0. The van der Waals surface area contributed by atoms with Crippen molar-refractivity contribution in [1.82, 2.24) is 4.98 Å². The zero-order valence-electron chi connectivity index (χ0n) is 9.36. The number of carbonyl (C=O) groups is 1. The van der Waals surface area contributed by atoms with Gasteiger partial charge in [0.2, 0.25) is 0 Å². The molecule has 0 unspecified atom stereocenters. The van der Waals surface area contributed by atoms with Crippen LogP contribution >= 0.6 is 11.8 Å². The number of aromatic nitrogens is 1. The highest BCUT2D eigenvalue weighted by atomic mass is 32.2. The monoisotopic (exact) mass is 224 g/mol. The normalized spacial score (nSPS) is 10.1. The van der Waals surface area contributed by atoms with Crippen molar-refractivity contribution in [2.45, 2.75) is 6.92 Å². The topological polar surface area (TPSA) is 33.2 Å². The average molecular weight is 224 g/mol. The Labute approximate surface area is 94.9 Å². The Morgan fingerprint density at radius 1 is 1.60 bits per heavy atom. The second-order valence-corrected chi connectivity index (χ2v) is 4.33. The molecule has 0 fully saturated rings. The largest absolute Gasteiger partial charge is 0.358 e. The Bertz CT molecular complexity index is 341. The molecule has 0 aliphatic rings. The number of pyridine rings is 1. The van der Waals surface area contributed by atoms with Crippen molar-refractivity contribution in [3.05, 3.63) is 23.9 Å². The predicted molar refractivity (Wildman–Crippen MR) is 65.9 cm³/mol. The fourth-order valence-corrected chi connectivity index (χ4v) is 1.77. The molecular formula is C11H16N2OS. The Kier molecular flexibility index (Phi) is 4.62. The van der Waals surface area contributed by atoms with E-state index in [4.69, 9.17) is 0 Å². The van der Waals surface area contributed by atoms with Gasteiger partial charge in [-0.1, -0.05) is 0 Å². The molecule has 3 nitrogen and oxygen atoms in total. The summed E-state index contributed by atoms with van der Waals surface area (Å²) in [6, 6.07) is 3.61. The quantitative estimate of drug-likeness (QED) is 0.717. The number of hydrogen-bond acceptors (Lipinski definition) is 4. The molecule has 15 heavy (non-hydrogen) atoms. The number of ketones is 1. The highest BCUT2D eigenvalue weighted by Crippen LogP contribution is 2.16. The van der Waals surface area contributed by atoms with Crippen molar-refractivity contribution in [3.8, 4) is 0 Å². The predicted octanol–water partition coefficient (Wildman–Crippen LogP) is 2.08. The molecule has 0 atom stereocenters. The van der Waals surface area contributed by atoms with Crippen LogP contribution in [0, 0.1) is 0 Å². The number of anilines is 1. The Morgan fingerprint density at radius 3 is 2.93 bits per heavy atom. The first-order valence-electron chi connectivity index (χ1n) is 4.83. The molecule has 0 aliphatic carbocycles. The summed E-state index contributed by atoms with van der Waals surface area (Å²) in [5, 5.41) is 0. The molecule has 0 aliphatic heterocycles. The van der Waals surface area contributed by atoms with Gasteiger partial charge in [-0.2, -0.15) is 11.8 Å². The van der Waals surface area contributed by atoms with Crippen LogP contribution in [0.1, 0.15) is 17.3 Å². The minimum Gasteiger partial charge on any atom is -0.358 e. The van der Waals surface area contributed by atoms with Gasteiger partial charge in [-0.05, 0) is 25.3 Å². The van der Waals surface area contributed by atoms with Gasteiger partial charge in [0.1, 0.15) is 5.82 Å². The van der Waals surface area contributed by atoms with Gasteiger partial charge < -0.3 is 4.90 Å². The number of nitrogens with zero attached hydrogens (tertiary/aromatic N) is 2. The Hall–Kier alpha value is -1.03. The molecule has 1 heterocycles. The van der Waals surface area contributed by atoms with E-state index in [1.807, 2.05) is 18.0 Å². The van der Waals surface area contributed by atoms with Gasteiger partial charge in [-0.3, -0.25) is 4.79 Å². The van der Waals surface area contributed by atoms with Crippen LogP contribution in [-0.4, -0.2) is 36.4 Å². The van der Waals surface area contributed by atoms with Gasteiger partial charge in [0, 0.05) is 25.5 Å². The van der Waals surface area contributed by atoms with Gasteiger partial charge >= 0.3 is 0 Å². The van der Waals surface area contributed by atoms with E-state index >= 15 is 0 Å². The van der Waals surface area contributed by atoms with E-state index in [9.17, 15) is 4.79 Å². The minimum atomic E-state index is 0.0640. The fraction of sp³-hybridized carbons (Fsp3) is 0.455. The highest BCUT2D eigenvalue weighted by Gasteiger charge is 2.11. The molecular weight excluding hydrogens is 208 g/mol. The van der Waals surface area contributed by atoms with Gasteiger partial charge in [0.15, 0.2) is 5.78 Å². The van der Waals surface area contributed by atoms with Crippen LogP contribution in [0.25, 0.3) is 0 Å². The lowest BCUT2D eigenvalue weighted by Gasteiger charge is -2.19. The fourth-order valence-electron chi connectivity index (χ4n) is 1.31. The smallest absolute Gasteiger partial charge is 0.163 e. The van der Waals surface area contributed by atoms with Crippen molar-refractivity contribution in [2.75, 3.05) is 30.5 Å². The van der Waals surface area contributed by atoms with Crippen LogP contribution in [0.2, 0.25) is 0 Å². The molecule has 4 heteroatoms. The van der Waals surface area contributed by atoms with Gasteiger partial charge in [-0.25, -0.2) is 4.98 Å². The van der Waals surface area contributed by atoms with Crippen LogP contribution in [0.5, 0.6) is 0 Å². The van der Waals surface area contributed by atoms with E-state index in [-0.39, 0.29) is 5.78 Å². The lowest BCUT2D eigenvalue weighted by molar-refractivity contribution is 0.101. The number of Topliss-reactive ketones (excluding diaryl/α,β-unsaturated/α-hetero) is 1. The van der Waals surface area contributed by atoms with E-state index in [1.165, 1.54) is 0 Å². The van der Waals surface area contributed by atoms with Gasteiger partial charge in [0.05, 0.1) is 5.56 Å². The summed E-state index contributed by atoms with van der Waals surface area (Å²) >= 11 is 1.78. The Balaban J connectivity index is 2.87. The molecule has 1 aromatic rings. The maximum Gasteiger partial charge on any atom is 0.163 e. The summed E-state index contributed by atoms with van der Waals surface area (Å²) in [7, 11) is 1.96. The molecule has 0 aromatic carbocycles. The standard InChI is InChI=1S/C11H16N2OS/c1-9(14)10-5-4-6-12-11(10)13(2)7-8-15-3/h4-6H,7-8H2,1-3H3. The zero-order valence-corrected chi connectivity index (χ0v) is 10.2. The second kappa shape index (κ2) is 5.75. The third-order valence-corrected chi connectivity index (χ3v) is 2.75. The van der Waals surface area contributed by atoms with Crippen LogP contribution in [0.4, 0.5) is 5.82 Å². The third-order valence-electron chi connectivity index (χ3n) is 2.16. The number of thioether (sulfide) groups is 1. The summed E-state index contributed by atoms with van der Waals surface area (Å²) in [5.74, 6) is 1.87. The first-order chi connectivity index (χ1) is 7.16. The first-order valence-corrected chi connectivity index (χ1v) is 6.22. The summed E-state index contributed by atoms with van der Waals surface area (Å²) in [5.41, 5.74) is 0.695. The van der Waals surface area contributed by atoms with Crippen molar-refractivity contribution >= 4 is 23.4 Å². The van der Waals surface area contributed by atoms with Crippen LogP contribution in [0.3, 0.4) is 0 Å². The van der Waals surface area contributed by atoms with Crippen molar-refractivity contribution in [2.24, 2.45) is 0 Å². The summed E-state index contributed by atoms with van der Waals surface area (Å²) in [4.78, 5) is 17.6. The first kappa shape index (κ1) is 12.0. The molecule has 0 saturated heterocycles.